The molecule has 98 valence electrons. The Balaban J connectivity index is 2.03. The number of para-hydroxylation sites is 1. The fraction of sp³-hybridized carbons (Fsp3) is 0.200. The van der Waals surface area contributed by atoms with Crippen molar-refractivity contribution in [1.29, 1.82) is 0 Å². The molecule has 0 unspecified atom stereocenters. The molecule has 0 saturated carbocycles. The summed E-state index contributed by atoms with van der Waals surface area (Å²) < 4.78 is 5.14. The third-order valence-electron chi connectivity index (χ3n) is 2.77. The highest BCUT2D eigenvalue weighted by atomic mass is 16.6. The zero-order valence-corrected chi connectivity index (χ0v) is 11.0. The predicted molar refractivity (Wildman–Crippen MR) is 74.4 cm³/mol. The molecule has 0 radical (unpaired) electrons. The number of nitrogens with zero attached hydrogens (tertiary/aromatic N) is 1. The fourth-order valence-electron chi connectivity index (χ4n) is 1.74. The van der Waals surface area contributed by atoms with Gasteiger partial charge in [0.25, 0.3) is 0 Å². The number of ether oxygens (including phenoxy) is 1. The minimum Gasteiger partial charge on any atom is -0.410 e. The van der Waals surface area contributed by atoms with Crippen LogP contribution in [-0.4, -0.2) is 11.1 Å². The van der Waals surface area contributed by atoms with Gasteiger partial charge in [0.2, 0.25) is 0 Å². The summed E-state index contributed by atoms with van der Waals surface area (Å²) in [6.45, 7) is 4.00. The number of nitrogens with one attached hydrogen (secondary N) is 1. The minimum absolute atomic E-state index is 0.510. The molecule has 4 heteroatoms. The molecule has 1 N–H and O–H groups in total. The first-order valence-corrected chi connectivity index (χ1v) is 6.18. The van der Waals surface area contributed by atoms with Crippen molar-refractivity contribution in [3.63, 3.8) is 0 Å². The normalized spacial score (nSPS) is 10.0. The van der Waals surface area contributed by atoms with Crippen LogP contribution in [0.25, 0.3) is 0 Å². The number of amides is 1. The van der Waals surface area contributed by atoms with Crippen LogP contribution < -0.4 is 10.1 Å². The molecule has 0 aliphatic carbocycles. The highest BCUT2D eigenvalue weighted by molar-refractivity contribution is 5.86. The monoisotopic (exact) mass is 256 g/mol. The lowest BCUT2D eigenvalue weighted by Gasteiger charge is -2.08. The molecular weight excluding hydrogens is 240 g/mol. The molecule has 0 spiro atoms. The quantitative estimate of drug-likeness (QED) is 0.913. The van der Waals surface area contributed by atoms with Crippen molar-refractivity contribution in [3.05, 3.63) is 53.9 Å². The lowest BCUT2D eigenvalue weighted by Crippen LogP contribution is -2.17. The molecule has 0 atom stereocenters. The molecule has 2 rings (SSSR count). The first-order chi connectivity index (χ1) is 9.19. The summed E-state index contributed by atoms with van der Waals surface area (Å²) in [7, 11) is 0. The Morgan fingerprint density at radius 1 is 1.32 bits per heavy atom. The zero-order chi connectivity index (χ0) is 13.7. The van der Waals surface area contributed by atoms with Gasteiger partial charge in [-0.25, -0.2) is 4.79 Å². The highest BCUT2D eigenvalue weighted by Gasteiger charge is 2.06. The average Bonchev–Trinajstić information content (AvgIpc) is 2.42. The molecule has 0 saturated heterocycles. The van der Waals surface area contributed by atoms with Gasteiger partial charge in [-0.15, -0.1) is 0 Å². The molecule has 1 aromatic heterocycles. The van der Waals surface area contributed by atoms with Crippen LogP contribution in [0, 0.1) is 6.92 Å². The van der Waals surface area contributed by atoms with Gasteiger partial charge < -0.3 is 4.74 Å². The van der Waals surface area contributed by atoms with Crippen LogP contribution in [0.15, 0.2) is 42.6 Å². The van der Waals surface area contributed by atoms with Gasteiger partial charge in [-0.1, -0.05) is 25.1 Å². The van der Waals surface area contributed by atoms with E-state index < -0.39 is 6.09 Å². The highest BCUT2D eigenvalue weighted by Crippen LogP contribution is 2.14. The van der Waals surface area contributed by atoms with Crippen LogP contribution in [0.3, 0.4) is 0 Å². The van der Waals surface area contributed by atoms with Crippen molar-refractivity contribution in [3.8, 4) is 5.75 Å². The Morgan fingerprint density at radius 2 is 2.05 bits per heavy atom. The van der Waals surface area contributed by atoms with Crippen LogP contribution >= 0.6 is 0 Å². The van der Waals surface area contributed by atoms with E-state index in [2.05, 4.69) is 17.2 Å². The lowest BCUT2D eigenvalue weighted by atomic mass is 10.1. The maximum absolute atomic E-state index is 11.7. The topological polar surface area (TPSA) is 51.2 Å². The Bertz CT molecular complexity index is 568. The zero-order valence-electron chi connectivity index (χ0n) is 11.0. The molecule has 2 aromatic rings. The van der Waals surface area contributed by atoms with Crippen LogP contribution in [0.5, 0.6) is 5.75 Å². The van der Waals surface area contributed by atoms with Crippen LogP contribution in [0.4, 0.5) is 10.5 Å². The summed E-state index contributed by atoms with van der Waals surface area (Å²) in [6.07, 6.45) is 1.99. The van der Waals surface area contributed by atoms with Gasteiger partial charge in [-0.2, -0.15) is 0 Å². The van der Waals surface area contributed by atoms with E-state index in [0.717, 1.165) is 17.7 Å². The van der Waals surface area contributed by atoms with Crippen molar-refractivity contribution >= 4 is 11.8 Å². The summed E-state index contributed by atoms with van der Waals surface area (Å²) in [5.74, 6) is 0.510. The van der Waals surface area contributed by atoms with E-state index in [0.29, 0.717) is 11.4 Å². The van der Waals surface area contributed by atoms with Crippen LogP contribution in [0.1, 0.15) is 18.2 Å². The Hall–Kier alpha value is -2.36. The van der Waals surface area contributed by atoms with Gasteiger partial charge in [0, 0.05) is 5.69 Å². The number of anilines is 1. The number of carbonyl (C=O) groups is 1. The van der Waals surface area contributed by atoms with Crippen LogP contribution in [0.2, 0.25) is 0 Å². The summed E-state index contributed by atoms with van der Waals surface area (Å²) in [5, 5.41) is 2.67. The SMILES string of the molecule is CCc1cc(NC(=O)Oc2ccccc2)cnc1C. The number of benzene rings is 1. The molecule has 1 heterocycles. The first kappa shape index (κ1) is 13.1. The number of rotatable bonds is 3. The van der Waals surface area contributed by atoms with Gasteiger partial charge in [0.1, 0.15) is 5.75 Å². The maximum atomic E-state index is 11.7. The molecule has 1 aromatic carbocycles. The van der Waals surface area contributed by atoms with E-state index in [4.69, 9.17) is 4.74 Å². The summed E-state index contributed by atoms with van der Waals surface area (Å²) >= 11 is 0. The second-order valence-corrected chi connectivity index (χ2v) is 4.15. The molecule has 19 heavy (non-hydrogen) atoms. The Morgan fingerprint density at radius 3 is 2.74 bits per heavy atom. The summed E-state index contributed by atoms with van der Waals surface area (Å²) in [5.41, 5.74) is 2.73. The van der Waals surface area contributed by atoms with Crippen molar-refractivity contribution in [2.45, 2.75) is 20.3 Å². The standard InChI is InChI=1S/C15H16N2O2/c1-3-12-9-13(10-16-11(12)2)17-15(18)19-14-7-5-4-6-8-14/h4-10H,3H2,1-2H3,(H,17,18). The molecule has 0 aliphatic heterocycles. The van der Waals surface area contributed by atoms with E-state index in [1.54, 1.807) is 18.3 Å². The van der Waals surface area contributed by atoms with E-state index in [-0.39, 0.29) is 0 Å². The number of aryl methyl sites for hydroxylation is 2. The van der Waals surface area contributed by atoms with Gasteiger partial charge in [0.05, 0.1) is 11.9 Å². The second kappa shape index (κ2) is 6.00. The summed E-state index contributed by atoms with van der Waals surface area (Å²) in [6, 6.07) is 10.8. The lowest BCUT2D eigenvalue weighted by molar-refractivity contribution is 0.215. The largest absolute Gasteiger partial charge is 0.417 e. The first-order valence-electron chi connectivity index (χ1n) is 6.18. The van der Waals surface area contributed by atoms with E-state index >= 15 is 0 Å². The van der Waals surface area contributed by atoms with Gasteiger partial charge in [-0.3, -0.25) is 10.3 Å². The smallest absolute Gasteiger partial charge is 0.410 e. The van der Waals surface area contributed by atoms with Crippen molar-refractivity contribution in [1.82, 2.24) is 4.98 Å². The average molecular weight is 256 g/mol. The molecule has 1 amide bonds. The molecule has 0 bridgehead atoms. The molecule has 4 nitrogen and oxygen atoms in total. The van der Waals surface area contributed by atoms with Crippen molar-refractivity contribution in [2.24, 2.45) is 0 Å². The van der Waals surface area contributed by atoms with Crippen molar-refractivity contribution < 1.29 is 9.53 Å². The van der Waals surface area contributed by atoms with Crippen LogP contribution in [-0.2, 0) is 6.42 Å². The van der Waals surface area contributed by atoms with E-state index in [1.165, 1.54) is 0 Å². The Labute approximate surface area is 112 Å². The van der Waals surface area contributed by atoms with Gasteiger partial charge in [-0.05, 0) is 37.1 Å². The number of hydrogen-bond donors (Lipinski definition) is 1. The predicted octanol–water partition coefficient (Wildman–Crippen LogP) is 3.56. The molecular formula is C15H16N2O2. The van der Waals surface area contributed by atoms with Gasteiger partial charge >= 0.3 is 6.09 Å². The summed E-state index contributed by atoms with van der Waals surface area (Å²) in [4.78, 5) is 15.9. The third-order valence-corrected chi connectivity index (χ3v) is 2.77. The molecule has 0 fully saturated rings. The van der Waals surface area contributed by atoms with Crippen molar-refractivity contribution in [2.75, 3.05) is 5.32 Å². The fourth-order valence-corrected chi connectivity index (χ4v) is 1.74. The third kappa shape index (κ3) is 3.55. The number of hydrogen-bond acceptors (Lipinski definition) is 3. The van der Waals surface area contributed by atoms with E-state index in [1.807, 2.05) is 31.2 Å². The number of pyridine rings is 1. The van der Waals surface area contributed by atoms with E-state index in [9.17, 15) is 4.79 Å². The second-order valence-electron chi connectivity index (χ2n) is 4.15. The number of aromatic nitrogens is 1. The maximum Gasteiger partial charge on any atom is 0.417 e. The van der Waals surface area contributed by atoms with Gasteiger partial charge in [0.15, 0.2) is 0 Å². The molecule has 0 aliphatic rings. The minimum atomic E-state index is -0.515. The number of carbonyl (C=O) groups excluding carboxylic acids is 1. The Kier molecular flexibility index (Phi) is 4.13.